The molecule has 0 radical (unpaired) electrons. The minimum Gasteiger partial charge on any atom is -0.486 e. The fraction of sp³-hybridized carbons (Fsp3) is 0.267. The quantitative estimate of drug-likeness (QED) is 0.879. The van der Waals surface area contributed by atoms with Crippen LogP contribution in [0.3, 0.4) is 0 Å². The molecular formula is C15H14ClNO3S2. The Morgan fingerprint density at radius 3 is 2.82 bits per heavy atom. The van der Waals surface area contributed by atoms with Crippen LogP contribution in [0.25, 0.3) is 0 Å². The highest BCUT2D eigenvalue weighted by Crippen LogP contribution is 2.32. The van der Waals surface area contributed by atoms with Gasteiger partial charge < -0.3 is 14.8 Å². The summed E-state index contributed by atoms with van der Waals surface area (Å²) in [5.74, 6) is 2.53. The molecule has 7 heteroatoms. The second kappa shape index (κ2) is 7.26. The molecule has 3 rings (SSSR count). The summed E-state index contributed by atoms with van der Waals surface area (Å²) in [5.41, 5.74) is 0.717. The third kappa shape index (κ3) is 4.09. The fourth-order valence-corrected chi connectivity index (χ4v) is 4.02. The molecule has 0 aliphatic carbocycles. The van der Waals surface area contributed by atoms with Gasteiger partial charge in [0.25, 0.3) is 0 Å². The fourth-order valence-electron chi connectivity index (χ4n) is 1.99. The Bertz CT molecular complexity index is 675. The van der Waals surface area contributed by atoms with E-state index in [0.29, 0.717) is 36.2 Å². The minimum atomic E-state index is -0.0377. The average molecular weight is 356 g/mol. The summed E-state index contributed by atoms with van der Waals surface area (Å²) >= 11 is 8.98. The third-order valence-corrected chi connectivity index (χ3v) is 5.33. The second-order valence-corrected chi connectivity index (χ2v) is 7.39. The van der Waals surface area contributed by atoms with Gasteiger partial charge in [-0.1, -0.05) is 11.6 Å². The normalized spacial score (nSPS) is 13.0. The zero-order valence-electron chi connectivity index (χ0n) is 11.6. The Morgan fingerprint density at radius 2 is 2.05 bits per heavy atom. The molecule has 2 heterocycles. The Balaban J connectivity index is 1.49. The van der Waals surface area contributed by atoms with Crippen LogP contribution in [0.1, 0.15) is 4.88 Å². The van der Waals surface area contributed by atoms with Crippen LogP contribution in [0.4, 0.5) is 5.69 Å². The molecule has 0 bridgehead atoms. The maximum atomic E-state index is 11.9. The molecule has 1 amide bonds. The first-order chi connectivity index (χ1) is 10.7. The molecule has 22 heavy (non-hydrogen) atoms. The van der Waals surface area contributed by atoms with Crippen LogP contribution < -0.4 is 14.8 Å². The lowest BCUT2D eigenvalue weighted by Gasteiger charge is -2.18. The number of nitrogens with one attached hydrogen (secondary N) is 1. The van der Waals surface area contributed by atoms with Gasteiger partial charge in [0.15, 0.2) is 11.5 Å². The van der Waals surface area contributed by atoms with E-state index in [4.69, 9.17) is 21.1 Å². The molecule has 2 aromatic rings. The van der Waals surface area contributed by atoms with Crippen LogP contribution in [-0.4, -0.2) is 24.9 Å². The number of amides is 1. The Kier molecular flexibility index (Phi) is 5.12. The van der Waals surface area contributed by atoms with Crippen molar-refractivity contribution in [3.63, 3.8) is 0 Å². The summed E-state index contributed by atoms with van der Waals surface area (Å²) in [7, 11) is 0. The van der Waals surface area contributed by atoms with Crippen LogP contribution >= 0.6 is 34.7 Å². The smallest absolute Gasteiger partial charge is 0.234 e. The number of anilines is 1. The van der Waals surface area contributed by atoms with Crippen LogP contribution in [0.5, 0.6) is 11.5 Å². The van der Waals surface area contributed by atoms with Crippen molar-refractivity contribution >= 4 is 46.3 Å². The van der Waals surface area contributed by atoms with E-state index in [0.717, 1.165) is 10.1 Å². The zero-order valence-corrected chi connectivity index (χ0v) is 14.0. The van der Waals surface area contributed by atoms with E-state index in [-0.39, 0.29) is 5.91 Å². The van der Waals surface area contributed by atoms with E-state index in [1.54, 1.807) is 29.2 Å². The molecule has 0 unspecified atom stereocenters. The zero-order chi connectivity index (χ0) is 15.4. The van der Waals surface area contributed by atoms with Gasteiger partial charge in [0.2, 0.25) is 5.91 Å². The molecule has 1 aromatic heterocycles. The highest BCUT2D eigenvalue weighted by atomic mass is 35.5. The number of thiophene rings is 1. The van der Waals surface area contributed by atoms with E-state index in [1.165, 1.54) is 4.88 Å². The number of carbonyl (C=O) groups is 1. The molecule has 0 atom stereocenters. The molecule has 1 aromatic carbocycles. The van der Waals surface area contributed by atoms with E-state index in [1.807, 2.05) is 24.3 Å². The topological polar surface area (TPSA) is 47.6 Å². The predicted molar refractivity (Wildman–Crippen MR) is 91.6 cm³/mol. The SMILES string of the molecule is O=C(CSCc1ccc(Cl)s1)Nc1ccc2c(c1)OCCO2. The van der Waals surface area contributed by atoms with Crippen molar-refractivity contribution in [1.29, 1.82) is 0 Å². The lowest BCUT2D eigenvalue weighted by molar-refractivity contribution is -0.113. The van der Waals surface area contributed by atoms with E-state index < -0.39 is 0 Å². The van der Waals surface area contributed by atoms with Gasteiger partial charge in [0.05, 0.1) is 10.1 Å². The first-order valence-electron chi connectivity index (χ1n) is 6.72. The van der Waals surface area contributed by atoms with E-state index in [9.17, 15) is 4.79 Å². The van der Waals surface area contributed by atoms with Crippen LogP contribution in [0, 0.1) is 0 Å². The molecule has 1 aliphatic heterocycles. The van der Waals surface area contributed by atoms with Crippen LogP contribution in [0.15, 0.2) is 30.3 Å². The number of halogens is 1. The molecule has 1 N–H and O–H groups in total. The molecule has 1 aliphatic rings. The van der Waals surface area contributed by atoms with Crippen molar-refractivity contribution in [2.45, 2.75) is 5.75 Å². The molecule has 0 saturated carbocycles. The monoisotopic (exact) mass is 355 g/mol. The number of thioether (sulfide) groups is 1. The number of carbonyl (C=O) groups excluding carboxylic acids is 1. The number of fused-ring (bicyclic) bond motifs is 1. The predicted octanol–water partition coefficient (Wildman–Crippen LogP) is 4.04. The van der Waals surface area contributed by atoms with Gasteiger partial charge in [0.1, 0.15) is 13.2 Å². The van der Waals surface area contributed by atoms with E-state index >= 15 is 0 Å². The van der Waals surface area contributed by atoms with Crippen molar-refractivity contribution < 1.29 is 14.3 Å². The number of hydrogen-bond donors (Lipinski definition) is 1. The second-order valence-electron chi connectivity index (χ2n) is 4.61. The first kappa shape index (κ1) is 15.5. The van der Waals surface area contributed by atoms with E-state index in [2.05, 4.69) is 5.32 Å². The first-order valence-corrected chi connectivity index (χ1v) is 9.07. The lowest BCUT2D eigenvalue weighted by atomic mass is 10.2. The van der Waals surface area contributed by atoms with Gasteiger partial charge >= 0.3 is 0 Å². The van der Waals surface area contributed by atoms with Gasteiger partial charge in [-0.25, -0.2) is 0 Å². The van der Waals surface area contributed by atoms with Crippen LogP contribution in [-0.2, 0) is 10.5 Å². The molecule has 0 saturated heterocycles. The Labute approximate surface area is 141 Å². The summed E-state index contributed by atoms with van der Waals surface area (Å²) in [6.07, 6.45) is 0. The highest BCUT2D eigenvalue weighted by molar-refractivity contribution is 7.99. The summed E-state index contributed by atoms with van der Waals surface area (Å²) in [5, 5.41) is 2.87. The number of rotatable bonds is 5. The van der Waals surface area contributed by atoms with Gasteiger partial charge in [0, 0.05) is 22.4 Å². The number of hydrogen-bond acceptors (Lipinski definition) is 5. The lowest BCUT2D eigenvalue weighted by Crippen LogP contribution is -2.17. The molecule has 0 fully saturated rings. The largest absolute Gasteiger partial charge is 0.486 e. The minimum absolute atomic E-state index is 0.0377. The average Bonchev–Trinajstić information content (AvgIpc) is 2.92. The molecule has 4 nitrogen and oxygen atoms in total. The number of benzene rings is 1. The third-order valence-electron chi connectivity index (χ3n) is 2.93. The van der Waals surface area contributed by atoms with Gasteiger partial charge in [-0.05, 0) is 24.3 Å². The summed E-state index contributed by atoms with van der Waals surface area (Å²) in [4.78, 5) is 13.1. The van der Waals surface area contributed by atoms with Crippen molar-refractivity contribution in [3.8, 4) is 11.5 Å². The van der Waals surface area contributed by atoms with Crippen LogP contribution in [0.2, 0.25) is 4.34 Å². The molecular weight excluding hydrogens is 342 g/mol. The Morgan fingerprint density at radius 1 is 1.23 bits per heavy atom. The van der Waals surface area contributed by atoms with Gasteiger partial charge in [-0.3, -0.25) is 4.79 Å². The number of ether oxygens (including phenoxy) is 2. The summed E-state index contributed by atoms with van der Waals surface area (Å²) in [6, 6.07) is 9.27. The molecule has 116 valence electrons. The Hall–Kier alpha value is -1.37. The van der Waals surface area contributed by atoms with Crippen molar-refractivity contribution in [3.05, 3.63) is 39.5 Å². The van der Waals surface area contributed by atoms with Gasteiger partial charge in [-0.15, -0.1) is 23.1 Å². The van der Waals surface area contributed by atoms with Crippen molar-refractivity contribution in [1.82, 2.24) is 0 Å². The van der Waals surface area contributed by atoms with Crippen molar-refractivity contribution in [2.75, 3.05) is 24.3 Å². The maximum Gasteiger partial charge on any atom is 0.234 e. The maximum absolute atomic E-state index is 11.9. The summed E-state index contributed by atoms with van der Waals surface area (Å²) in [6.45, 7) is 1.09. The van der Waals surface area contributed by atoms with Gasteiger partial charge in [-0.2, -0.15) is 0 Å². The summed E-state index contributed by atoms with van der Waals surface area (Å²) < 4.78 is 11.7. The highest BCUT2D eigenvalue weighted by Gasteiger charge is 2.12. The standard InChI is InChI=1S/C15H14ClNO3S2/c16-14-4-2-11(22-14)8-21-9-15(18)17-10-1-3-12-13(7-10)20-6-5-19-12/h1-4,7H,5-6,8-9H2,(H,17,18). The van der Waals surface area contributed by atoms with Crippen molar-refractivity contribution in [2.24, 2.45) is 0 Å². The molecule has 0 spiro atoms.